The number of hydrogen-bond donors (Lipinski definition) is 1. The molecule has 1 heterocycles. The van der Waals surface area contributed by atoms with E-state index in [9.17, 15) is 0 Å². The molecule has 2 aromatic rings. The van der Waals surface area contributed by atoms with Gasteiger partial charge in [0.15, 0.2) is 0 Å². The van der Waals surface area contributed by atoms with Crippen LogP contribution in [0.2, 0.25) is 0 Å². The molecule has 0 atom stereocenters. The van der Waals surface area contributed by atoms with Crippen LogP contribution in [0.1, 0.15) is 11.4 Å². The number of ether oxygens (including phenoxy) is 1. The van der Waals surface area contributed by atoms with Gasteiger partial charge in [-0.3, -0.25) is 0 Å². The van der Waals surface area contributed by atoms with Crippen molar-refractivity contribution < 1.29 is 4.74 Å². The quantitative estimate of drug-likeness (QED) is 0.923. The average molecular weight is 294 g/mol. The number of nitrogens with zero attached hydrogens (tertiary/aromatic N) is 2. The predicted octanol–water partition coefficient (Wildman–Crippen LogP) is 3.23. The van der Waals surface area contributed by atoms with Crippen molar-refractivity contribution in [1.82, 2.24) is 9.97 Å². The van der Waals surface area contributed by atoms with E-state index in [0.717, 1.165) is 10.0 Å². The van der Waals surface area contributed by atoms with Gasteiger partial charge in [-0.15, -0.1) is 0 Å². The van der Waals surface area contributed by atoms with Crippen molar-refractivity contribution in [2.24, 2.45) is 0 Å². The van der Waals surface area contributed by atoms with E-state index in [4.69, 9.17) is 10.5 Å². The first-order valence-corrected chi connectivity index (χ1v) is 5.89. The van der Waals surface area contributed by atoms with Crippen LogP contribution in [0.15, 0.2) is 28.7 Å². The van der Waals surface area contributed by atoms with E-state index in [2.05, 4.69) is 25.9 Å². The van der Waals surface area contributed by atoms with E-state index >= 15 is 0 Å². The lowest BCUT2D eigenvalue weighted by atomic mass is 10.3. The maximum absolute atomic E-state index is 5.76. The molecule has 0 bridgehead atoms. The van der Waals surface area contributed by atoms with Crippen LogP contribution in [0.4, 0.5) is 5.82 Å². The first kappa shape index (κ1) is 11.9. The molecule has 0 amide bonds. The third-order valence-electron chi connectivity index (χ3n) is 2.26. The number of rotatable bonds is 2. The molecule has 2 N–H and O–H groups in total. The van der Waals surface area contributed by atoms with Crippen LogP contribution in [0.5, 0.6) is 11.6 Å². The van der Waals surface area contributed by atoms with E-state index in [1.54, 1.807) is 6.92 Å². The molecule has 2 rings (SSSR count). The molecule has 0 fully saturated rings. The zero-order valence-corrected chi connectivity index (χ0v) is 11.2. The lowest BCUT2D eigenvalue weighted by Gasteiger charge is -2.09. The van der Waals surface area contributed by atoms with Gasteiger partial charge in [-0.1, -0.05) is 22.0 Å². The molecular formula is C12H12BrN3O. The minimum atomic E-state index is 0.447. The summed E-state index contributed by atoms with van der Waals surface area (Å²) >= 11 is 3.39. The van der Waals surface area contributed by atoms with Gasteiger partial charge in [0, 0.05) is 4.47 Å². The summed E-state index contributed by atoms with van der Waals surface area (Å²) in [5, 5.41) is 0. The van der Waals surface area contributed by atoms with Gasteiger partial charge >= 0.3 is 0 Å². The highest BCUT2D eigenvalue weighted by Gasteiger charge is 2.08. The fraction of sp³-hybridized carbons (Fsp3) is 0.167. The van der Waals surface area contributed by atoms with Gasteiger partial charge in [0.05, 0.1) is 5.56 Å². The van der Waals surface area contributed by atoms with Crippen LogP contribution in [0.3, 0.4) is 0 Å². The summed E-state index contributed by atoms with van der Waals surface area (Å²) in [6.07, 6.45) is 0. The molecule has 88 valence electrons. The number of aromatic nitrogens is 2. The first-order chi connectivity index (χ1) is 8.06. The van der Waals surface area contributed by atoms with E-state index in [-0.39, 0.29) is 0 Å². The van der Waals surface area contributed by atoms with Crippen molar-refractivity contribution in [2.75, 3.05) is 5.73 Å². The third kappa shape index (κ3) is 2.74. The minimum absolute atomic E-state index is 0.447. The van der Waals surface area contributed by atoms with Crippen molar-refractivity contribution >= 4 is 21.7 Å². The molecule has 5 heteroatoms. The van der Waals surface area contributed by atoms with Crippen LogP contribution in [0, 0.1) is 13.8 Å². The molecule has 0 aliphatic rings. The Labute approximate surface area is 108 Å². The summed E-state index contributed by atoms with van der Waals surface area (Å²) in [7, 11) is 0. The van der Waals surface area contributed by atoms with E-state index in [1.165, 1.54) is 0 Å². The molecule has 0 saturated heterocycles. The monoisotopic (exact) mass is 293 g/mol. The van der Waals surface area contributed by atoms with Crippen molar-refractivity contribution in [3.8, 4) is 11.6 Å². The Morgan fingerprint density at radius 2 is 2.00 bits per heavy atom. The van der Waals surface area contributed by atoms with Crippen LogP contribution >= 0.6 is 15.9 Å². The van der Waals surface area contributed by atoms with Gasteiger partial charge in [-0.2, -0.15) is 4.98 Å². The minimum Gasteiger partial charge on any atom is -0.439 e. The Balaban J connectivity index is 2.36. The van der Waals surface area contributed by atoms with Crippen molar-refractivity contribution in [3.05, 3.63) is 40.1 Å². The molecular weight excluding hydrogens is 282 g/mol. The Kier molecular flexibility index (Phi) is 3.28. The lowest BCUT2D eigenvalue weighted by molar-refractivity contribution is 0.456. The standard InChI is InChI=1S/C12H12BrN3O/c1-7-11(14)15-8(2)16-12(7)17-10-5-3-4-9(13)6-10/h3-6H,1-2H3,(H2,14,15,16). The van der Waals surface area contributed by atoms with Crippen LogP contribution in [-0.2, 0) is 0 Å². The van der Waals surface area contributed by atoms with Gasteiger partial charge in [-0.25, -0.2) is 4.98 Å². The SMILES string of the molecule is Cc1nc(N)c(C)c(Oc2cccc(Br)c2)n1. The molecule has 0 saturated carbocycles. The number of nitrogens with two attached hydrogens (primary N) is 1. The van der Waals surface area contributed by atoms with Gasteiger partial charge in [0.1, 0.15) is 17.4 Å². The second-order valence-electron chi connectivity index (χ2n) is 3.65. The van der Waals surface area contributed by atoms with Gasteiger partial charge < -0.3 is 10.5 Å². The number of benzene rings is 1. The van der Waals surface area contributed by atoms with E-state index < -0.39 is 0 Å². The zero-order chi connectivity index (χ0) is 12.4. The van der Waals surface area contributed by atoms with Gasteiger partial charge in [0.25, 0.3) is 0 Å². The van der Waals surface area contributed by atoms with Crippen LogP contribution in [0.25, 0.3) is 0 Å². The fourth-order valence-corrected chi connectivity index (χ4v) is 1.74. The van der Waals surface area contributed by atoms with Crippen LogP contribution < -0.4 is 10.5 Å². The summed E-state index contributed by atoms with van der Waals surface area (Å²) in [5.74, 6) is 2.24. The average Bonchev–Trinajstić information content (AvgIpc) is 2.25. The fourth-order valence-electron chi connectivity index (χ4n) is 1.37. The van der Waals surface area contributed by atoms with Crippen molar-refractivity contribution in [1.29, 1.82) is 0 Å². The van der Waals surface area contributed by atoms with Gasteiger partial charge in [0.2, 0.25) is 5.88 Å². The van der Waals surface area contributed by atoms with Crippen molar-refractivity contribution in [2.45, 2.75) is 13.8 Å². The summed E-state index contributed by atoms with van der Waals surface area (Å²) in [6.45, 7) is 3.62. The molecule has 1 aromatic carbocycles. The summed E-state index contributed by atoms with van der Waals surface area (Å²) in [5.41, 5.74) is 6.51. The van der Waals surface area contributed by atoms with Crippen molar-refractivity contribution in [3.63, 3.8) is 0 Å². The molecule has 0 aliphatic heterocycles. The Bertz CT molecular complexity index is 557. The largest absolute Gasteiger partial charge is 0.439 e. The van der Waals surface area contributed by atoms with Crippen LogP contribution in [-0.4, -0.2) is 9.97 Å². The highest BCUT2D eigenvalue weighted by Crippen LogP contribution is 2.27. The molecule has 4 nitrogen and oxygen atoms in total. The Morgan fingerprint density at radius 3 is 2.71 bits per heavy atom. The predicted molar refractivity (Wildman–Crippen MR) is 70.1 cm³/mol. The second kappa shape index (κ2) is 4.71. The third-order valence-corrected chi connectivity index (χ3v) is 2.75. The maximum Gasteiger partial charge on any atom is 0.227 e. The number of nitrogen functional groups attached to an aromatic ring is 1. The highest BCUT2D eigenvalue weighted by molar-refractivity contribution is 9.10. The smallest absolute Gasteiger partial charge is 0.227 e. The Hall–Kier alpha value is -1.62. The molecule has 0 spiro atoms. The molecule has 1 aromatic heterocycles. The van der Waals surface area contributed by atoms with Gasteiger partial charge in [-0.05, 0) is 32.0 Å². The second-order valence-corrected chi connectivity index (χ2v) is 4.56. The molecule has 17 heavy (non-hydrogen) atoms. The summed E-state index contributed by atoms with van der Waals surface area (Å²) in [4.78, 5) is 8.30. The maximum atomic E-state index is 5.76. The lowest BCUT2D eigenvalue weighted by Crippen LogP contribution is -2.02. The normalized spacial score (nSPS) is 10.3. The van der Waals surface area contributed by atoms with E-state index in [1.807, 2.05) is 31.2 Å². The zero-order valence-electron chi connectivity index (χ0n) is 9.57. The number of anilines is 1. The highest BCUT2D eigenvalue weighted by atomic mass is 79.9. The first-order valence-electron chi connectivity index (χ1n) is 5.10. The molecule has 0 aliphatic carbocycles. The Morgan fingerprint density at radius 1 is 1.24 bits per heavy atom. The summed E-state index contributed by atoms with van der Waals surface area (Å²) < 4.78 is 6.64. The van der Waals surface area contributed by atoms with E-state index in [0.29, 0.717) is 23.3 Å². The number of hydrogen-bond acceptors (Lipinski definition) is 4. The number of halogens is 1. The summed E-state index contributed by atoms with van der Waals surface area (Å²) in [6, 6.07) is 7.55. The molecule has 0 unspecified atom stereocenters. The number of aryl methyl sites for hydroxylation is 1. The topological polar surface area (TPSA) is 61.0 Å². The molecule has 0 radical (unpaired) electrons.